The molecule has 12 nitrogen and oxygen atoms in total. The van der Waals surface area contributed by atoms with Gasteiger partial charge in [-0.3, -0.25) is 29.3 Å². The van der Waals surface area contributed by atoms with Crippen LogP contribution >= 0.6 is 0 Å². The van der Waals surface area contributed by atoms with Crippen LogP contribution in [-0.2, 0) is 27.2 Å². The topological polar surface area (TPSA) is 203 Å². The number of rotatable bonds is 6. The molecule has 3 aliphatic rings. The Kier molecular flexibility index (Phi) is 6.71. The van der Waals surface area contributed by atoms with E-state index < -0.39 is 58.0 Å². The lowest BCUT2D eigenvalue weighted by Crippen LogP contribution is -2.65. The van der Waals surface area contributed by atoms with Crippen molar-refractivity contribution in [2.75, 3.05) is 14.1 Å². The molecular formula is C29H30N3O9+. The summed E-state index contributed by atoms with van der Waals surface area (Å²) in [5.74, 6) is -7.30. The highest BCUT2D eigenvalue weighted by Crippen LogP contribution is 2.53. The number of phenols is 1. The number of nitrogens with zero attached hydrogens (tertiary/aromatic N) is 2. The second-order valence-electron chi connectivity index (χ2n) is 10.9. The lowest BCUT2D eigenvalue weighted by molar-refractivity contribution is -0.904. The van der Waals surface area contributed by atoms with Gasteiger partial charge in [0.05, 0.1) is 11.6 Å². The van der Waals surface area contributed by atoms with Crippen molar-refractivity contribution in [3.63, 3.8) is 0 Å². The van der Waals surface area contributed by atoms with E-state index in [2.05, 4.69) is 0 Å². The summed E-state index contributed by atoms with van der Waals surface area (Å²) in [6.45, 7) is 0. The zero-order chi connectivity index (χ0) is 30.0. The van der Waals surface area contributed by atoms with Crippen LogP contribution in [0.3, 0.4) is 0 Å². The van der Waals surface area contributed by atoms with E-state index in [-0.39, 0.29) is 48.4 Å². The summed E-state index contributed by atoms with van der Waals surface area (Å²) in [5.41, 5.74) is 3.08. The Morgan fingerprint density at radius 2 is 1.76 bits per heavy atom. The third-order valence-corrected chi connectivity index (χ3v) is 8.46. The van der Waals surface area contributed by atoms with Gasteiger partial charge in [0.2, 0.25) is 18.2 Å². The number of aliphatic hydroxyl groups is 3. The van der Waals surface area contributed by atoms with Crippen LogP contribution in [0.4, 0.5) is 0 Å². The molecule has 0 aliphatic heterocycles. The van der Waals surface area contributed by atoms with E-state index in [0.717, 1.165) is 4.73 Å². The molecule has 41 heavy (non-hydrogen) atoms. The highest BCUT2D eigenvalue weighted by Gasteiger charge is 2.64. The minimum absolute atomic E-state index is 0.0210. The van der Waals surface area contributed by atoms with E-state index in [1.165, 1.54) is 49.6 Å². The van der Waals surface area contributed by atoms with Gasteiger partial charge in [0, 0.05) is 40.3 Å². The molecule has 0 spiro atoms. The molecular weight excluding hydrogens is 534 g/mol. The van der Waals surface area contributed by atoms with Crippen LogP contribution in [0.25, 0.3) is 5.76 Å². The lowest BCUT2D eigenvalue weighted by atomic mass is 9.57. The molecule has 0 saturated heterocycles. The van der Waals surface area contributed by atoms with E-state index >= 15 is 0 Å². The van der Waals surface area contributed by atoms with Gasteiger partial charge in [-0.05, 0) is 56.5 Å². The van der Waals surface area contributed by atoms with Crippen LogP contribution in [0.15, 0.2) is 53.6 Å². The molecule has 0 unspecified atom stereocenters. The van der Waals surface area contributed by atoms with Crippen LogP contribution < -0.4 is 10.5 Å². The number of nitrogens with two attached hydrogens (primary N) is 1. The minimum atomic E-state index is -2.70. The number of aromatic nitrogens is 1. The maximum Gasteiger partial charge on any atom is 0.255 e. The Balaban J connectivity index is 1.57. The van der Waals surface area contributed by atoms with Crippen LogP contribution in [0.2, 0.25) is 0 Å². The molecule has 214 valence electrons. The van der Waals surface area contributed by atoms with Crippen molar-refractivity contribution >= 4 is 29.0 Å². The number of ketones is 3. The summed E-state index contributed by atoms with van der Waals surface area (Å²) >= 11 is 0. The molecule has 1 fully saturated rings. The van der Waals surface area contributed by atoms with Gasteiger partial charge in [-0.1, -0.05) is 6.07 Å². The second kappa shape index (κ2) is 9.82. The Hall–Kier alpha value is -4.55. The van der Waals surface area contributed by atoms with Crippen molar-refractivity contribution in [2.24, 2.45) is 17.6 Å². The van der Waals surface area contributed by atoms with E-state index in [0.29, 0.717) is 16.7 Å². The number of aryl methyl sites for hydroxylation is 1. The van der Waals surface area contributed by atoms with Gasteiger partial charge in [0.1, 0.15) is 22.8 Å². The summed E-state index contributed by atoms with van der Waals surface area (Å²) in [6.07, 6.45) is 3.11. The van der Waals surface area contributed by atoms with Gasteiger partial charge >= 0.3 is 0 Å². The predicted octanol–water partition coefficient (Wildman–Crippen LogP) is 0.304. The molecule has 12 heteroatoms. The van der Waals surface area contributed by atoms with Crippen molar-refractivity contribution in [2.45, 2.75) is 37.3 Å². The number of fused-ring (bicyclic) bond motifs is 3. The number of primary amides is 1. The average molecular weight is 565 g/mol. The monoisotopic (exact) mass is 564 g/mol. The maximum atomic E-state index is 13.9. The van der Waals surface area contributed by atoms with Crippen LogP contribution in [-0.4, -0.2) is 79.5 Å². The Morgan fingerprint density at radius 1 is 1.10 bits per heavy atom. The van der Waals surface area contributed by atoms with Crippen molar-refractivity contribution in [1.82, 2.24) is 4.90 Å². The molecule has 5 rings (SSSR count). The zero-order valence-corrected chi connectivity index (χ0v) is 22.4. The van der Waals surface area contributed by atoms with E-state index in [4.69, 9.17) is 5.73 Å². The summed E-state index contributed by atoms with van der Waals surface area (Å²) in [7, 11) is 3.07. The number of Topliss-reactive ketones (excluding diaryl/α,β-unsaturated/α-hetero) is 3. The summed E-state index contributed by atoms with van der Waals surface area (Å²) in [5, 5.41) is 54.0. The third kappa shape index (κ3) is 4.18. The minimum Gasteiger partial charge on any atom is -0.508 e. The molecule has 1 aromatic heterocycles. The van der Waals surface area contributed by atoms with Gasteiger partial charge in [-0.2, -0.15) is 0 Å². The SMILES string of the molecule is CN(C)[C@@H]1C(=O)C(C(N)=O)=C(O)[C@@]2(O)C(=O)C3=C(O)c4c(O)ccc(CCC(=O)c5cc[n+](O)cc5)c4C[C@H]3C[C@@H]12. The maximum absolute atomic E-state index is 13.9. The van der Waals surface area contributed by atoms with Crippen molar-refractivity contribution in [3.8, 4) is 5.75 Å². The molecule has 1 amide bonds. The molecule has 0 bridgehead atoms. The fourth-order valence-electron chi connectivity index (χ4n) is 6.54. The molecule has 0 radical (unpaired) electrons. The Labute approximate surface area is 234 Å². The highest BCUT2D eigenvalue weighted by atomic mass is 16.5. The molecule has 7 N–H and O–H groups in total. The number of phenolic OH excluding ortho intramolecular Hbond substituents is 1. The quantitative estimate of drug-likeness (QED) is 0.123. The van der Waals surface area contributed by atoms with Crippen LogP contribution in [0, 0.1) is 11.8 Å². The molecule has 3 aliphatic carbocycles. The third-order valence-electron chi connectivity index (χ3n) is 8.46. The number of benzene rings is 1. The van der Waals surface area contributed by atoms with Crippen LogP contribution in [0.5, 0.6) is 5.75 Å². The number of amides is 1. The number of aromatic hydroxyl groups is 1. The van der Waals surface area contributed by atoms with Crippen molar-refractivity contribution in [1.29, 1.82) is 0 Å². The number of hydrogen-bond donors (Lipinski definition) is 6. The van der Waals surface area contributed by atoms with Gasteiger partial charge in [0.25, 0.3) is 5.91 Å². The molecule has 1 heterocycles. The number of aliphatic hydroxyl groups excluding tert-OH is 2. The lowest BCUT2D eigenvalue weighted by Gasteiger charge is -2.50. The summed E-state index contributed by atoms with van der Waals surface area (Å²) < 4.78 is 0.817. The smallest absolute Gasteiger partial charge is 0.255 e. The van der Waals surface area contributed by atoms with E-state index in [1.807, 2.05) is 0 Å². The number of pyridine rings is 1. The zero-order valence-electron chi connectivity index (χ0n) is 22.4. The van der Waals surface area contributed by atoms with Gasteiger partial charge in [-0.15, -0.1) is 0 Å². The number of carbonyl (C=O) groups is 4. The summed E-state index contributed by atoms with van der Waals surface area (Å²) in [4.78, 5) is 53.4. The first kappa shape index (κ1) is 28.0. The fourth-order valence-corrected chi connectivity index (χ4v) is 6.54. The molecule has 1 aromatic carbocycles. The van der Waals surface area contributed by atoms with Crippen molar-refractivity contribution < 1.29 is 49.5 Å². The number of likely N-dealkylation sites (N-methyl/N-ethyl adjacent to an activating group) is 1. The predicted molar refractivity (Wildman–Crippen MR) is 141 cm³/mol. The van der Waals surface area contributed by atoms with Crippen molar-refractivity contribution in [3.05, 3.63) is 75.8 Å². The highest BCUT2D eigenvalue weighted by molar-refractivity contribution is 6.24. The molecule has 1 saturated carbocycles. The number of hydrogen-bond acceptors (Lipinski definition) is 10. The first-order chi connectivity index (χ1) is 19.3. The van der Waals surface area contributed by atoms with E-state index in [9.17, 15) is 44.8 Å². The van der Waals surface area contributed by atoms with Crippen LogP contribution in [0.1, 0.15) is 39.9 Å². The Morgan fingerprint density at radius 3 is 2.37 bits per heavy atom. The normalized spacial score (nSPS) is 25.6. The summed E-state index contributed by atoms with van der Waals surface area (Å²) in [6, 6.07) is 4.75. The largest absolute Gasteiger partial charge is 0.508 e. The first-order valence-electron chi connectivity index (χ1n) is 13.0. The second-order valence-corrected chi connectivity index (χ2v) is 10.9. The Bertz CT molecular complexity index is 1570. The number of carbonyl (C=O) groups excluding carboxylic acids is 4. The average Bonchev–Trinajstić information content (AvgIpc) is 2.90. The molecule has 2 aromatic rings. The molecule has 4 atom stereocenters. The van der Waals surface area contributed by atoms with Gasteiger partial charge < -0.3 is 26.2 Å². The van der Waals surface area contributed by atoms with E-state index in [1.54, 1.807) is 6.07 Å². The van der Waals surface area contributed by atoms with Gasteiger partial charge in [-0.25, -0.2) is 0 Å². The standard InChI is InChI=1S/C29H29N3O9/c1-31(2)23-17-12-15-11-16-13(3-5-18(33)14-7-9-32(41)10-8-14)4-6-19(34)21(16)24(35)20(15)26(37)29(17,40)27(38)22(25(23)36)28(30)39/h4,6-10,15,17,23,40H,3,5,11-12H2,1-2H3,(H5-,30,33,34,35,36,37,38,39,41)/p+1/t15-,17-,23-,29-/m0/s1. The fraction of sp³-hybridized carbons (Fsp3) is 0.345. The first-order valence-corrected chi connectivity index (χ1v) is 13.0. The van der Waals surface area contributed by atoms with Gasteiger partial charge in [0.15, 0.2) is 17.2 Å².